The van der Waals surface area contributed by atoms with Gasteiger partial charge in [0, 0.05) is 19.3 Å². The second-order valence-corrected chi connectivity index (χ2v) is 18.1. The van der Waals surface area contributed by atoms with Crippen molar-refractivity contribution in [2.45, 2.75) is 258 Å². The van der Waals surface area contributed by atoms with Gasteiger partial charge >= 0.3 is 17.9 Å². The lowest BCUT2D eigenvalue weighted by Crippen LogP contribution is -2.30. The van der Waals surface area contributed by atoms with Gasteiger partial charge in [0.25, 0.3) is 0 Å². The summed E-state index contributed by atoms with van der Waals surface area (Å²) >= 11 is 0. The Morgan fingerprint density at radius 2 is 0.597 bits per heavy atom. The van der Waals surface area contributed by atoms with Crippen LogP contribution in [0.4, 0.5) is 0 Å². The van der Waals surface area contributed by atoms with Gasteiger partial charge in [-0.1, -0.05) is 234 Å². The monoisotopic (exact) mass is 931 g/mol. The summed E-state index contributed by atoms with van der Waals surface area (Å²) in [5, 5.41) is 0. The van der Waals surface area contributed by atoms with Crippen molar-refractivity contribution in [2.75, 3.05) is 13.2 Å². The molecule has 0 aromatic carbocycles. The number of hydrogen-bond donors (Lipinski definition) is 0. The largest absolute Gasteiger partial charge is 0.462 e. The second-order valence-electron chi connectivity index (χ2n) is 18.1. The lowest BCUT2D eigenvalue weighted by molar-refractivity contribution is -0.167. The molecular weight excluding hydrogens is 829 g/mol. The molecule has 0 rings (SSSR count). The Morgan fingerprint density at radius 3 is 0.985 bits per heavy atom. The van der Waals surface area contributed by atoms with E-state index >= 15 is 0 Å². The molecule has 0 heterocycles. The van der Waals surface area contributed by atoms with Gasteiger partial charge in [0.1, 0.15) is 13.2 Å². The van der Waals surface area contributed by atoms with E-state index in [9.17, 15) is 14.4 Å². The van der Waals surface area contributed by atoms with Crippen molar-refractivity contribution in [2.24, 2.45) is 0 Å². The van der Waals surface area contributed by atoms with E-state index in [-0.39, 0.29) is 37.5 Å². The Hall–Kier alpha value is -3.67. The molecule has 0 radical (unpaired) electrons. The summed E-state index contributed by atoms with van der Waals surface area (Å²) < 4.78 is 16.8. The van der Waals surface area contributed by atoms with Crippen molar-refractivity contribution in [1.29, 1.82) is 0 Å². The maximum absolute atomic E-state index is 12.8. The molecule has 0 aliphatic heterocycles. The predicted molar refractivity (Wildman–Crippen MR) is 288 cm³/mol. The molecule has 67 heavy (non-hydrogen) atoms. The maximum Gasteiger partial charge on any atom is 0.306 e. The zero-order chi connectivity index (χ0) is 48.6. The fraction of sp³-hybridized carbons (Fsp3) is 0.689. The van der Waals surface area contributed by atoms with Crippen LogP contribution in [0.1, 0.15) is 252 Å². The summed E-state index contributed by atoms with van der Waals surface area (Å²) in [6.07, 6.45) is 72.5. The highest BCUT2D eigenvalue weighted by Gasteiger charge is 2.19. The van der Waals surface area contributed by atoms with Crippen molar-refractivity contribution in [3.05, 3.63) is 97.2 Å². The zero-order valence-electron chi connectivity index (χ0n) is 43.6. The quantitative estimate of drug-likeness (QED) is 0.0262. The SMILES string of the molecule is CC/C=C\C/C=C\C/C=C\C/C=C\CCCCCCC(=O)OC[C@H](COC(=O)CCCCCCCCCCCCCCCCC)OC(=O)CCC/C=C\C/C=C\C/C=C\C/C=C\CCCCC. The van der Waals surface area contributed by atoms with E-state index in [1.165, 1.54) is 103 Å². The molecule has 0 N–H and O–H groups in total. The van der Waals surface area contributed by atoms with Gasteiger partial charge in [0.2, 0.25) is 0 Å². The maximum atomic E-state index is 12.8. The normalized spacial score (nSPS) is 12.8. The molecule has 6 heteroatoms. The van der Waals surface area contributed by atoms with Gasteiger partial charge in [-0.25, -0.2) is 0 Å². The molecule has 0 bridgehead atoms. The minimum Gasteiger partial charge on any atom is -0.462 e. The number of carbonyl (C=O) groups excluding carboxylic acids is 3. The molecule has 0 unspecified atom stereocenters. The van der Waals surface area contributed by atoms with Crippen LogP contribution in [0.5, 0.6) is 0 Å². The number of unbranched alkanes of at least 4 members (excludes halogenated alkanes) is 22. The third-order valence-electron chi connectivity index (χ3n) is 11.6. The Morgan fingerprint density at radius 1 is 0.313 bits per heavy atom. The first-order valence-electron chi connectivity index (χ1n) is 27.7. The van der Waals surface area contributed by atoms with Crippen LogP contribution in [-0.4, -0.2) is 37.2 Å². The minimum atomic E-state index is -0.816. The van der Waals surface area contributed by atoms with Crippen LogP contribution in [0.3, 0.4) is 0 Å². The van der Waals surface area contributed by atoms with Gasteiger partial charge in [0.15, 0.2) is 6.10 Å². The zero-order valence-corrected chi connectivity index (χ0v) is 43.6. The molecule has 0 saturated carbocycles. The fourth-order valence-electron chi connectivity index (χ4n) is 7.43. The lowest BCUT2D eigenvalue weighted by atomic mass is 10.0. The minimum absolute atomic E-state index is 0.106. The number of allylic oxidation sites excluding steroid dienone is 16. The van der Waals surface area contributed by atoms with Crippen molar-refractivity contribution < 1.29 is 28.6 Å². The van der Waals surface area contributed by atoms with Crippen molar-refractivity contribution in [3.63, 3.8) is 0 Å². The van der Waals surface area contributed by atoms with Crippen LogP contribution in [0.2, 0.25) is 0 Å². The number of carbonyl (C=O) groups is 3. The van der Waals surface area contributed by atoms with Crippen LogP contribution < -0.4 is 0 Å². The first kappa shape index (κ1) is 63.3. The predicted octanol–water partition coefficient (Wildman–Crippen LogP) is 18.5. The first-order valence-corrected chi connectivity index (χ1v) is 27.7. The molecule has 0 amide bonds. The Bertz CT molecular complexity index is 1350. The molecule has 0 fully saturated rings. The van der Waals surface area contributed by atoms with Crippen LogP contribution in [0.25, 0.3) is 0 Å². The van der Waals surface area contributed by atoms with Gasteiger partial charge in [0.05, 0.1) is 0 Å². The molecule has 0 aromatic rings. The van der Waals surface area contributed by atoms with Gasteiger partial charge in [-0.3, -0.25) is 14.4 Å². The number of hydrogen-bond acceptors (Lipinski definition) is 6. The summed E-state index contributed by atoms with van der Waals surface area (Å²) in [4.78, 5) is 38.1. The van der Waals surface area contributed by atoms with Crippen LogP contribution >= 0.6 is 0 Å². The molecule has 0 aliphatic rings. The van der Waals surface area contributed by atoms with E-state index in [2.05, 4.69) is 118 Å². The number of esters is 3. The molecule has 6 nitrogen and oxygen atoms in total. The van der Waals surface area contributed by atoms with Gasteiger partial charge in [-0.2, -0.15) is 0 Å². The van der Waals surface area contributed by atoms with Gasteiger partial charge < -0.3 is 14.2 Å². The second kappa shape index (κ2) is 54.9. The summed E-state index contributed by atoms with van der Waals surface area (Å²) in [5.41, 5.74) is 0. The summed E-state index contributed by atoms with van der Waals surface area (Å²) in [6, 6.07) is 0. The molecule has 382 valence electrons. The van der Waals surface area contributed by atoms with Crippen LogP contribution in [-0.2, 0) is 28.6 Å². The Kier molecular flexibility index (Phi) is 51.9. The fourth-order valence-corrected chi connectivity index (χ4v) is 7.43. The highest BCUT2D eigenvalue weighted by Crippen LogP contribution is 2.15. The van der Waals surface area contributed by atoms with Crippen molar-refractivity contribution >= 4 is 17.9 Å². The summed E-state index contributed by atoms with van der Waals surface area (Å²) in [6.45, 7) is 6.44. The average Bonchev–Trinajstić information content (AvgIpc) is 3.33. The topological polar surface area (TPSA) is 78.9 Å². The molecular formula is C61H102O6. The third-order valence-corrected chi connectivity index (χ3v) is 11.6. The smallest absolute Gasteiger partial charge is 0.306 e. The standard InChI is InChI=1S/C61H102O6/c1-4-7-10-13-16-19-22-25-28-30-33-36-39-42-45-48-51-54-60(63)66-57-58(56-65-59(62)53-50-47-44-41-38-35-32-27-24-21-18-15-12-9-6-3)67-61(64)55-52-49-46-43-40-37-34-31-29-26-23-20-17-14-11-8-5-2/h7,10,16-17,19-20,25-26,28-29,33-34,36-37,43,46,58H,4-6,8-9,11-15,18,21-24,27,30-32,35,38-42,44-45,47-57H2,1-3H3/b10-7-,19-16-,20-17-,28-25-,29-26-,36-33-,37-34-,46-43-/t58-/m0/s1. The van der Waals surface area contributed by atoms with E-state index in [1.54, 1.807) is 0 Å². The van der Waals surface area contributed by atoms with E-state index in [4.69, 9.17) is 14.2 Å². The van der Waals surface area contributed by atoms with E-state index in [0.717, 1.165) is 103 Å². The highest BCUT2D eigenvalue weighted by atomic mass is 16.6. The Balaban J connectivity index is 4.52. The lowest BCUT2D eigenvalue weighted by Gasteiger charge is -2.18. The summed E-state index contributed by atoms with van der Waals surface area (Å²) in [7, 11) is 0. The Labute approximate surface area is 413 Å². The van der Waals surface area contributed by atoms with E-state index in [0.29, 0.717) is 19.3 Å². The molecule has 0 spiro atoms. The molecule has 0 aromatic heterocycles. The first-order chi connectivity index (χ1) is 33.0. The molecule has 0 aliphatic carbocycles. The van der Waals surface area contributed by atoms with Gasteiger partial charge in [-0.15, -0.1) is 0 Å². The van der Waals surface area contributed by atoms with Crippen LogP contribution in [0.15, 0.2) is 97.2 Å². The van der Waals surface area contributed by atoms with Crippen molar-refractivity contribution in [1.82, 2.24) is 0 Å². The highest BCUT2D eigenvalue weighted by molar-refractivity contribution is 5.71. The van der Waals surface area contributed by atoms with E-state index in [1.807, 2.05) is 0 Å². The summed E-state index contributed by atoms with van der Waals surface area (Å²) in [5.74, 6) is -0.985. The third kappa shape index (κ3) is 53.2. The number of rotatable bonds is 49. The molecule has 0 saturated heterocycles. The van der Waals surface area contributed by atoms with Crippen LogP contribution in [0, 0.1) is 0 Å². The van der Waals surface area contributed by atoms with E-state index < -0.39 is 6.10 Å². The van der Waals surface area contributed by atoms with Gasteiger partial charge in [-0.05, 0) is 96.3 Å². The average molecular weight is 931 g/mol. The van der Waals surface area contributed by atoms with Crippen molar-refractivity contribution in [3.8, 4) is 0 Å². The molecule has 1 atom stereocenters. The number of ether oxygens (including phenoxy) is 3.